The lowest BCUT2D eigenvalue weighted by molar-refractivity contribution is 0.217. The van der Waals surface area contributed by atoms with Gasteiger partial charge >= 0.3 is 0 Å². The summed E-state index contributed by atoms with van der Waals surface area (Å²) >= 11 is 0. The van der Waals surface area contributed by atoms with E-state index < -0.39 is 6.10 Å². The van der Waals surface area contributed by atoms with E-state index in [1.165, 1.54) is 0 Å². The summed E-state index contributed by atoms with van der Waals surface area (Å²) in [5.41, 5.74) is 3.58. The van der Waals surface area contributed by atoms with Gasteiger partial charge in [-0.2, -0.15) is 0 Å². The number of aromatic nitrogens is 1. The van der Waals surface area contributed by atoms with Gasteiger partial charge in [0.15, 0.2) is 11.5 Å². The first-order valence-electron chi connectivity index (χ1n) is 9.85. The van der Waals surface area contributed by atoms with Crippen molar-refractivity contribution in [1.29, 1.82) is 0 Å². The van der Waals surface area contributed by atoms with Gasteiger partial charge in [0.1, 0.15) is 19.3 Å². The second-order valence-electron chi connectivity index (χ2n) is 6.94. The number of ether oxygens (including phenoxy) is 2. The molecule has 4 aromatic rings. The van der Waals surface area contributed by atoms with Crippen LogP contribution in [0.1, 0.15) is 28.4 Å². The smallest absolute Gasteiger partial charge is 0.162 e. The number of benzene rings is 3. The van der Waals surface area contributed by atoms with Crippen molar-refractivity contribution in [3.05, 3.63) is 126 Å². The first-order chi connectivity index (χ1) is 14.8. The number of nitrogens with zero attached hydrogens (tertiary/aromatic N) is 1. The summed E-state index contributed by atoms with van der Waals surface area (Å²) in [6.07, 6.45) is 2.56. The zero-order valence-electron chi connectivity index (χ0n) is 16.5. The quantitative estimate of drug-likeness (QED) is 0.437. The summed E-state index contributed by atoms with van der Waals surface area (Å²) in [7, 11) is 0. The van der Waals surface area contributed by atoms with Crippen molar-refractivity contribution < 1.29 is 14.6 Å². The Kier molecular flexibility index (Phi) is 6.38. The Balaban J connectivity index is 1.57. The van der Waals surface area contributed by atoms with Crippen LogP contribution in [0.25, 0.3) is 0 Å². The summed E-state index contributed by atoms with van der Waals surface area (Å²) in [6.45, 7) is 0.849. The van der Waals surface area contributed by atoms with E-state index in [1.807, 2.05) is 91.0 Å². The second kappa shape index (κ2) is 9.72. The number of pyridine rings is 1. The molecular weight excluding hydrogens is 374 g/mol. The highest BCUT2D eigenvalue weighted by Crippen LogP contribution is 2.33. The monoisotopic (exact) mass is 397 g/mol. The van der Waals surface area contributed by atoms with Crippen LogP contribution in [0.5, 0.6) is 11.5 Å². The van der Waals surface area contributed by atoms with Crippen molar-refractivity contribution >= 4 is 0 Å². The van der Waals surface area contributed by atoms with Crippen molar-refractivity contribution in [3.63, 3.8) is 0 Å². The molecule has 1 N–H and O–H groups in total. The van der Waals surface area contributed by atoms with E-state index in [0.29, 0.717) is 24.7 Å². The van der Waals surface area contributed by atoms with Crippen LogP contribution < -0.4 is 9.47 Å². The summed E-state index contributed by atoms with van der Waals surface area (Å²) in [4.78, 5) is 4.09. The van der Waals surface area contributed by atoms with Crippen LogP contribution in [0.15, 0.2) is 103 Å². The third-order valence-corrected chi connectivity index (χ3v) is 4.76. The molecule has 1 unspecified atom stereocenters. The van der Waals surface area contributed by atoms with Gasteiger partial charge in [-0.05, 0) is 34.9 Å². The zero-order chi connectivity index (χ0) is 20.6. The molecule has 0 aliphatic heterocycles. The molecule has 4 nitrogen and oxygen atoms in total. The molecule has 1 heterocycles. The first-order valence-corrected chi connectivity index (χ1v) is 9.85. The van der Waals surface area contributed by atoms with Crippen molar-refractivity contribution in [1.82, 2.24) is 4.98 Å². The number of aliphatic hydroxyl groups is 1. The average Bonchev–Trinajstić information content (AvgIpc) is 2.83. The summed E-state index contributed by atoms with van der Waals surface area (Å²) in [6, 6.07) is 29.1. The third-order valence-electron chi connectivity index (χ3n) is 4.76. The number of rotatable bonds is 8. The van der Waals surface area contributed by atoms with Crippen molar-refractivity contribution in [3.8, 4) is 11.5 Å². The van der Waals surface area contributed by atoms with Crippen LogP contribution in [0.3, 0.4) is 0 Å². The van der Waals surface area contributed by atoms with Gasteiger partial charge in [0, 0.05) is 18.0 Å². The molecule has 1 atom stereocenters. The van der Waals surface area contributed by atoms with Gasteiger partial charge in [-0.3, -0.25) is 4.98 Å². The molecule has 4 rings (SSSR count). The van der Waals surface area contributed by atoms with Gasteiger partial charge in [-0.25, -0.2) is 0 Å². The number of hydrogen-bond donors (Lipinski definition) is 1. The van der Waals surface area contributed by atoms with Gasteiger partial charge in [-0.1, -0.05) is 72.8 Å². The highest BCUT2D eigenvalue weighted by molar-refractivity contribution is 5.45. The topological polar surface area (TPSA) is 51.6 Å². The standard InChI is InChI=1S/C26H23NO3/c28-26(23-12-7-15-27-17-23)22-13-14-24(29-18-20-8-3-1-4-9-20)25(16-22)30-19-21-10-5-2-6-11-21/h1-17,26,28H,18-19H2. The molecule has 0 fully saturated rings. The minimum atomic E-state index is -0.791. The van der Waals surface area contributed by atoms with E-state index in [2.05, 4.69) is 4.98 Å². The molecule has 4 heteroatoms. The van der Waals surface area contributed by atoms with Crippen LogP contribution in [-0.4, -0.2) is 10.1 Å². The molecule has 30 heavy (non-hydrogen) atoms. The Morgan fingerprint density at radius 3 is 1.90 bits per heavy atom. The van der Waals surface area contributed by atoms with Crippen molar-refractivity contribution in [2.24, 2.45) is 0 Å². The SMILES string of the molecule is OC(c1cccnc1)c1ccc(OCc2ccccc2)c(OCc2ccccc2)c1. The van der Waals surface area contributed by atoms with Gasteiger partial charge in [-0.15, -0.1) is 0 Å². The highest BCUT2D eigenvalue weighted by atomic mass is 16.5. The molecule has 1 aromatic heterocycles. The largest absolute Gasteiger partial charge is 0.485 e. The molecule has 0 spiro atoms. The Morgan fingerprint density at radius 1 is 0.667 bits per heavy atom. The van der Waals surface area contributed by atoms with Gasteiger partial charge in [0.2, 0.25) is 0 Å². The normalized spacial score (nSPS) is 11.6. The fraction of sp³-hybridized carbons (Fsp3) is 0.115. The molecule has 150 valence electrons. The lowest BCUT2D eigenvalue weighted by Crippen LogP contribution is -2.04. The van der Waals surface area contributed by atoms with E-state index in [1.54, 1.807) is 12.4 Å². The highest BCUT2D eigenvalue weighted by Gasteiger charge is 2.15. The number of aliphatic hydroxyl groups excluding tert-OH is 1. The van der Waals surface area contributed by atoms with Gasteiger partial charge in [0.25, 0.3) is 0 Å². The molecule has 0 aliphatic rings. The summed E-state index contributed by atoms with van der Waals surface area (Å²) in [5, 5.41) is 10.8. The molecule has 0 saturated heterocycles. The fourth-order valence-electron chi connectivity index (χ4n) is 3.13. The van der Waals surface area contributed by atoms with E-state index in [9.17, 15) is 5.11 Å². The minimum Gasteiger partial charge on any atom is -0.485 e. The van der Waals surface area contributed by atoms with Crippen LogP contribution >= 0.6 is 0 Å². The molecular formula is C26H23NO3. The van der Waals surface area contributed by atoms with E-state index in [4.69, 9.17) is 9.47 Å². The predicted molar refractivity (Wildman–Crippen MR) is 116 cm³/mol. The van der Waals surface area contributed by atoms with Crippen LogP contribution in [-0.2, 0) is 13.2 Å². The number of hydrogen-bond acceptors (Lipinski definition) is 4. The maximum atomic E-state index is 10.8. The fourth-order valence-corrected chi connectivity index (χ4v) is 3.13. The molecule has 0 amide bonds. The summed E-state index contributed by atoms with van der Waals surface area (Å²) in [5.74, 6) is 1.23. The van der Waals surface area contributed by atoms with Gasteiger partial charge in [0.05, 0.1) is 0 Å². The Hall–Kier alpha value is -3.63. The average molecular weight is 397 g/mol. The molecule has 0 saturated carbocycles. The van der Waals surface area contributed by atoms with Gasteiger partial charge < -0.3 is 14.6 Å². The Labute approximate surface area is 176 Å². The maximum absolute atomic E-state index is 10.8. The Morgan fingerprint density at radius 2 is 1.30 bits per heavy atom. The first kappa shape index (κ1) is 19.7. The van der Waals surface area contributed by atoms with E-state index in [-0.39, 0.29) is 0 Å². The molecule has 0 bridgehead atoms. The van der Waals surface area contributed by atoms with Crippen molar-refractivity contribution in [2.45, 2.75) is 19.3 Å². The zero-order valence-corrected chi connectivity index (χ0v) is 16.5. The third kappa shape index (κ3) is 5.04. The van der Waals surface area contributed by atoms with E-state index >= 15 is 0 Å². The van der Waals surface area contributed by atoms with Crippen LogP contribution in [0.2, 0.25) is 0 Å². The van der Waals surface area contributed by atoms with Crippen LogP contribution in [0, 0.1) is 0 Å². The maximum Gasteiger partial charge on any atom is 0.162 e. The predicted octanol–water partition coefficient (Wildman–Crippen LogP) is 5.32. The molecule has 0 aliphatic carbocycles. The Bertz CT molecular complexity index is 1050. The molecule has 3 aromatic carbocycles. The lowest BCUT2D eigenvalue weighted by Gasteiger charge is -2.17. The summed E-state index contributed by atoms with van der Waals surface area (Å²) < 4.78 is 12.1. The second-order valence-corrected chi connectivity index (χ2v) is 6.94. The van der Waals surface area contributed by atoms with Crippen molar-refractivity contribution in [2.75, 3.05) is 0 Å². The van der Waals surface area contributed by atoms with E-state index in [0.717, 1.165) is 22.3 Å². The molecule has 0 radical (unpaired) electrons. The van der Waals surface area contributed by atoms with Crippen LogP contribution in [0.4, 0.5) is 0 Å². The minimum absolute atomic E-state index is 0.412. The lowest BCUT2D eigenvalue weighted by atomic mass is 10.0.